The lowest BCUT2D eigenvalue weighted by molar-refractivity contribution is 0.952. The van der Waals surface area contributed by atoms with Crippen LogP contribution in [0.25, 0.3) is 100 Å². The largest absolute Gasteiger partial charge is 0.309 e. The molecule has 0 spiro atoms. The zero-order chi connectivity index (χ0) is 37.0. The zero-order valence-corrected chi connectivity index (χ0v) is 30.3. The van der Waals surface area contributed by atoms with Crippen molar-refractivity contribution in [1.29, 1.82) is 0 Å². The lowest BCUT2D eigenvalue weighted by Gasteiger charge is -2.17. The van der Waals surface area contributed by atoms with Crippen LogP contribution in [0, 0.1) is 0 Å². The number of nitrogens with zero attached hydrogens (tertiary/aromatic N) is 5. The lowest BCUT2D eigenvalue weighted by atomic mass is 9.94. The van der Waals surface area contributed by atoms with Crippen LogP contribution >= 0.6 is 0 Å². The molecule has 56 heavy (non-hydrogen) atoms. The molecule has 5 nitrogen and oxygen atoms in total. The summed E-state index contributed by atoms with van der Waals surface area (Å²) in [5.74, 6) is 1.75. The third-order valence-corrected chi connectivity index (χ3v) is 10.8. The maximum absolute atomic E-state index is 5.45. The number of hydrogen-bond acceptors (Lipinski definition) is 3. The van der Waals surface area contributed by atoms with Gasteiger partial charge in [-0.05, 0) is 64.7 Å². The molecule has 5 heteroatoms. The highest BCUT2D eigenvalue weighted by Gasteiger charge is 2.22. The molecule has 0 N–H and O–H groups in total. The quantitative estimate of drug-likeness (QED) is 0.172. The van der Waals surface area contributed by atoms with E-state index in [9.17, 15) is 0 Å². The number of benzene rings is 8. The molecule has 0 saturated heterocycles. The predicted molar refractivity (Wildman–Crippen MR) is 230 cm³/mol. The van der Waals surface area contributed by atoms with Crippen molar-refractivity contribution in [3.8, 4) is 56.7 Å². The Morgan fingerprint density at radius 3 is 1.30 bits per heavy atom. The van der Waals surface area contributed by atoms with Gasteiger partial charge in [0.05, 0.1) is 27.8 Å². The van der Waals surface area contributed by atoms with Gasteiger partial charge in [0, 0.05) is 32.7 Å². The fourth-order valence-corrected chi connectivity index (χ4v) is 8.29. The topological polar surface area (TPSA) is 48.5 Å². The van der Waals surface area contributed by atoms with Gasteiger partial charge < -0.3 is 4.57 Å². The van der Waals surface area contributed by atoms with Gasteiger partial charge in [-0.1, -0.05) is 158 Å². The molecule has 3 aromatic heterocycles. The van der Waals surface area contributed by atoms with Crippen LogP contribution < -0.4 is 0 Å². The summed E-state index contributed by atoms with van der Waals surface area (Å²) in [6.45, 7) is 0. The summed E-state index contributed by atoms with van der Waals surface area (Å²) in [6, 6.07) is 70.2. The van der Waals surface area contributed by atoms with E-state index < -0.39 is 0 Å². The summed E-state index contributed by atoms with van der Waals surface area (Å²) >= 11 is 0. The molecule has 3 heterocycles. The van der Waals surface area contributed by atoms with Gasteiger partial charge in [-0.3, -0.25) is 4.57 Å². The molecule has 0 aliphatic carbocycles. The summed E-state index contributed by atoms with van der Waals surface area (Å²) in [5.41, 5.74) is 11.5. The molecule has 0 unspecified atom stereocenters. The van der Waals surface area contributed by atoms with Crippen LogP contribution in [-0.2, 0) is 0 Å². The summed E-state index contributed by atoms with van der Waals surface area (Å²) in [4.78, 5) is 16.3. The van der Waals surface area contributed by atoms with Crippen LogP contribution in [0.5, 0.6) is 0 Å². The Kier molecular flexibility index (Phi) is 7.42. The fraction of sp³-hybridized carbons (Fsp3) is 0. The summed E-state index contributed by atoms with van der Waals surface area (Å²) in [5, 5.41) is 4.69. The highest BCUT2D eigenvalue weighted by molar-refractivity contribution is 6.10. The van der Waals surface area contributed by atoms with Crippen molar-refractivity contribution in [2.75, 3.05) is 0 Å². The number of rotatable bonds is 6. The Morgan fingerprint density at radius 1 is 0.286 bits per heavy atom. The van der Waals surface area contributed by atoms with E-state index in [2.05, 4.69) is 203 Å². The van der Waals surface area contributed by atoms with Crippen molar-refractivity contribution in [2.45, 2.75) is 0 Å². The van der Waals surface area contributed by atoms with Gasteiger partial charge in [-0.25, -0.2) is 4.98 Å². The van der Waals surface area contributed by atoms with Crippen molar-refractivity contribution < 1.29 is 0 Å². The number of fused-ring (bicyclic) bond motifs is 6. The van der Waals surface area contributed by atoms with Gasteiger partial charge in [0.2, 0.25) is 5.95 Å². The van der Waals surface area contributed by atoms with Gasteiger partial charge >= 0.3 is 0 Å². The first-order chi connectivity index (χ1) is 27.8. The highest BCUT2D eigenvalue weighted by Crippen LogP contribution is 2.39. The average molecular weight is 716 g/mol. The maximum atomic E-state index is 5.45. The normalized spacial score (nSPS) is 11.6. The molecule has 11 aromatic rings. The van der Waals surface area contributed by atoms with E-state index in [-0.39, 0.29) is 0 Å². The second-order valence-electron chi connectivity index (χ2n) is 14.0. The van der Waals surface area contributed by atoms with E-state index in [4.69, 9.17) is 15.0 Å². The van der Waals surface area contributed by atoms with Gasteiger partial charge in [-0.2, -0.15) is 9.97 Å². The van der Waals surface area contributed by atoms with Crippen molar-refractivity contribution in [1.82, 2.24) is 24.1 Å². The molecule has 11 rings (SSSR count). The van der Waals surface area contributed by atoms with Gasteiger partial charge in [0.1, 0.15) is 0 Å². The summed E-state index contributed by atoms with van der Waals surface area (Å²) < 4.78 is 4.53. The Labute approximate surface area is 323 Å². The van der Waals surface area contributed by atoms with Crippen LogP contribution in [0.15, 0.2) is 200 Å². The first-order valence-corrected chi connectivity index (χ1v) is 18.9. The monoisotopic (exact) mass is 715 g/mol. The molecule has 0 aliphatic heterocycles. The van der Waals surface area contributed by atoms with Crippen LogP contribution in [0.4, 0.5) is 0 Å². The van der Waals surface area contributed by atoms with Crippen molar-refractivity contribution in [3.05, 3.63) is 200 Å². The third-order valence-electron chi connectivity index (χ3n) is 10.8. The van der Waals surface area contributed by atoms with E-state index >= 15 is 0 Å². The average Bonchev–Trinajstić information content (AvgIpc) is 3.80. The summed E-state index contributed by atoms with van der Waals surface area (Å²) in [7, 11) is 0. The smallest absolute Gasteiger partial charge is 0.238 e. The Morgan fingerprint density at radius 2 is 0.732 bits per heavy atom. The SMILES string of the molecule is c1ccc(-c2ccc(-c3ccccc3)c(-c3nc(-c4ccccc4-n4c5ccccc5c5ccccc54)nc(-n4c5ccccc5c5ccccc54)n3)c2)cc1. The molecular weight excluding hydrogens is 683 g/mol. The Bertz CT molecular complexity index is 3140. The first kappa shape index (κ1) is 31.9. The molecule has 0 atom stereocenters. The molecule has 262 valence electrons. The Balaban J connectivity index is 1.24. The number of para-hydroxylation sites is 5. The van der Waals surface area contributed by atoms with Crippen molar-refractivity contribution in [3.63, 3.8) is 0 Å². The van der Waals surface area contributed by atoms with Crippen LogP contribution in [0.2, 0.25) is 0 Å². The minimum absolute atomic E-state index is 0.559. The Hall–Kier alpha value is -7.63. The second kappa shape index (κ2) is 13.0. The van der Waals surface area contributed by atoms with E-state index in [0.29, 0.717) is 17.6 Å². The molecular formula is C51H33N5. The summed E-state index contributed by atoms with van der Waals surface area (Å²) in [6.07, 6.45) is 0. The van der Waals surface area contributed by atoms with Gasteiger partial charge in [-0.15, -0.1) is 0 Å². The molecule has 0 fully saturated rings. The second-order valence-corrected chi connectivity index (χ2v) is 14.0. The highest BCUT2D eigenvalue weighted by atomic mass is 15.2. The standard InChI is InChI=1S/C51H33N5/c1-3-17-34(18-4-1)36-31-32-37(35-19-5-2-6-20-35)43(33-36)50-52-49(53-51(54-50)56-46-28-14-9-23-40(46)41-24-10-15-29-47(41)56)42-25-11-16-30-48(42)55-44-26-12-7-21-38(44)39-22-8-13-27-45(39)55/h1-33H. The molecule has 0 saturated carbocycles. The van der Waals surface area contributed by atoms with Crippen molar-refractivity contribution in [2.24, 2.45) is 0 Å². The van der Waals surface area contributed by atoms with E-state index in [1.54, 1.807) is 0 Å². The fourth-order valence-electron chi connectivity index (χ4n) is 8.29. The minimum Gasteiger partial charge on any atom is -0.309 e. The van der Waals surface area contributed by atoms with E-state index in [0.717, 1.165) is 71.9 Å². The number of aromatic nitrogens is 5. The predicted octanol–water partition coefficient (Wildman–Crippen LogP) is 12.7. The molecule has 0 bridgehead atoms. The number of hydrogen-bond donors (Lipinski definition) is 0. The maximum Gasteiger partial charge on any atom is 0.238 e. The lowest BCUT2D eigenvalue weighted by Crippen LogP contribution is -2.08. The van der Waals surface area contributed by atoms with E-state index in [1.807, 2.05) is 6.07 Å². The van der Waals surface area contributed by atoms with Crippen molar-refractivity contribution >= 4 is 43.6 Å². The van der Waals surface area contributed by atoms with Gasteiger partial charge in [0.15, 0.2) is 11.6 Å². The third kappa shape index (κ3) is 5.13. The minimum atomic E-state index is 0.559. The van der Waals surface area contributed by atoms with Crippen LogP contribution in [0.3, 0.4) is 0 Å². The molecule has 8 aromatic carbocycles. The molecule has 0 amide bonds. The molecule has 0 radical (unpaired) electrons. The van der Waals surface area contributed by atoms with Crippen LogP contribution in [0.1, 0.15) is 0 Å². The first-order valence-electron chi connectivity index (χ1n) is 18.9. The van der Waals surface area contributed by atoms with Crippen LogP contribution in [-0.4, -0.2) is 24.1 Å². The zero-order valence-electron chi connectivity index (χ0n) is 30.3. The molecule has 0 aliphatic rings. The van der Waals surface area contributed by atoms with E-state index in [1.165, 1.54) is 10.8 Å². The van der Waals surface area contributed by atoms with Gasteiger partial charge in [0.25, 0.3) is 0 Å².